The van der Waals surface area contributed by atoms with Crippen LogP contribution in [-0.4, -0.2) is 18.1 Å². The van der Waals surface area contributed by atoms with Crippen LogP contribution in [0, 0.1) is 5.92 Å². The van der Waals surface area contributed by atoms with Gasteiger partial charge in [-0.3, -0.25) is 0 Å². The number of benzene rings is 1. The summed E-state index contributed by atoms with van der Waals surface area (Å²) in [4.78, 5) is 4.33. The Bertz CT molecular complexity index is 538. The average Bonchev–Trinajstić information content (AvgIpc) is 3.01. The molecular formula is C16H17BrN2O. The maximum absolute atomic E-state index is 6.17. The van der Waals surface area contributed by atoms with Crippen LogP contribution in [0.2, 0.25) is 0 Å². The predicted molar refractivity (Wildman–Crippen MR) is 82.7 cm³/mol. The third kappa shape index (κ3) is 3.19. The lowest BCUT2D eigenvalue weighted by Gasteiger charge is -2.24. The number of hydrogen-bond donors (Lipinski definition) is 1. The van der Waals surface area contributed by atoms with Crippen molar-refractivity contribution < 1.29 is 4.74 Å². The van der Waals surface area contributed by atoms with Crippen LogP contribution >= 0.6 is 15.9 Å². The van der Waals surface area contributed by atoms with Crippen LogP contribution in [0.1, 0.15) is 18.1 Å². The van der Waals surface area contributed by atoms with E-state index < -0.39 is 0 Å². The van der Waals surface area contributed by atoms with Crippen LogP contribution in [0.5, 0.6) is 5.88 Å². The normalized spacial score (nSPS) is 19.8. The van der Waals surface area contributed by atoms with Gasteiger partial charge in [-0.15, -0.1) is 0 Å². The van der Waals surface area contributed by atoms with Gasteiger partial charge in [0.05, 0.1) is 0 Å². The second kappa shape index (κ2) is 6.37. The molecule has 4 heteroatoms. The molecule has 1 unspecified atom stereocenters. The first-order valence-electron chi connectivity index (χ1n) is 6.87. The first-order valence-corrected chi connectivity index (χ1v) is 7.66. The van der Waals surface area contributed by atoms with Crippen molar-refractivity contribution in [2.24, 2.45) is 5.92 Å². The third-order valence-electron chi connectivity index (χ3n) is 3.60. The van der Waals surface area contributed by atoms with Crippen molar-refractivity contribution in [1.29, 1.82) is 0 Å². The van der Waals surface area contributed by atoms with E-state index in [1.54, 1.807) is 6.20 Å². The molecule has 3 rings (SSSR count). The Morgan fingerprint density at radius 3 is 2.70 bits per heavy atom. The molecule has 1 fully saturated rings. The van der Waals surface area contributed by atoms with Crippen molar-refractivity contribution >= 4 is 15.9 Å². The summed E-state index contributed by atoms with van der Waals surface area (Å²) in [6.07, 6.45) is 2.96. The van der Waals surface area contributed by atoms with E-state index >= 15 is 0 Å². The Balaban J connectivity index is 1.83. The maximum Gasteiger partial charge on any atom is 0.213 e. The Morgan fingerprint density at radius 2 is 2.05 bits per heavy atom. The quantitative estimate of drug-likeness (QED) is 0.929. The Labute approximate surface area is 127 Å². The number of rotatable bonds is 4. The zero-order chi connectivity index (χ0) is 13.8. The van der Waals surface area contributed by atoms with E-state index in [9.17, 15) is 0 Å². The molecule has 2 atom stereocenters. The van der Waals surface area contributed by atoms with Gasteiger partial charge >= 0.3 is 0 Å². The molecule has 3 nitrogen and oxygen atoms in total. The molecule has 1 aliphatic rings. The average molecular weight is 333 g/mol. The Kier molecular flexibility index (Phi) is 4.33. The van der Waals surface area contributed by atoms with Gasteiger partial charge in [-0.2, -0.15) is 0 Å². The molecule has 2 heterocycles. The Morgan fingerprint density at radius 1 is 1.20 bits per heavy atom. The lowest BCUT2D eigenvalue weighted by molar-refractivity contribution is 0.138. The largest absolute Gasteiger partial charge is 0.469 e. The van der Waals surface area contributed by atoms with Crippen molar-refractivity contribution in [2.45, 2.75) is 12.5 Å². The van der Waals surface area contributed by atoms with Crippen molar-refractivity contribution in [3.05, 3.63) is 58.7 Å². The summed E-state index contributed by atoms with van der Waals surface area (Å²) in [6, 6.07) is 14.3. The molecule has 0 bridgehead atoms. The molecule has 20 heavy (non-hydrogen) atoms. The van der Waals surface area contributed by atoms with Crippen LogP contribution in [0.4, 0.5) is 0 Å². The van der Waals surface area contributed by atoms with Gasteiger partial charge in [-0.1, -0.05) is 30.3 Å². The highest BCUT2D eigenvalue weighted by Gasteiger charge is 2.28. The van der Waals surface area contributed by atoms with Gasteiger partial charge in [0.2, 0.25) is 5.88 Å². The molecule has 1 aromatic carbocycles. The van der Waals surface area contributed by atoms with Gasteiger partial charge in [0.1, 0.15) is 6.10 Å². The molecule has 1 N–H and O–H groups in total. The summed E-state index contributed by atoms with van der Waals surface area (Å²) in [7, 11) is 0. The summed E-state index contributed by atoms with van der Waals surface area (Å²) in [5, 5.41) is 3.41. The van der Waals surface area contributed by atoms with Gasteiger partial charge in [-0.25, -0.2) is 4.98 Å². The highest BCUT2D eigenvalue weighted by molar-refractivity contribution is 9.10. The van der Waals surface area contributed by atoms with Crippen molar-refractivity contribution in [3.8, 4) is 5.88 Å². The van der Waals surface area contributed by atoms with Crippen LogP contribution in [-0.2, 0) is 0 Å². The molecule has 0 aliphatic carbocycles. The summed E-state index contributed by atoms with van der Waals surface area (Å²) < 4.78 is 7.13. The van der Waals surface area contributed by atoms with E-state index in [0.29, 0.717) is 11.8 Å². The number of nitrogens with zero attached hydrogens (tertiary/aromatic N) is 1. The fraction of sp³-hybridized carbons (Fsp3) is 0.312. The van der Waals surface area contributed by atoms with E-state index in [1.165, 1.54) is 5.56 Å². The number of pyridine rings is 1. The minimum Gasteiger partial charge on any atom is -0.469 e. The minimum absolute atomic E-state index is 0.0554. The third-order valence-corrected chi connectivity index (χ3v) is 4.07. The van der Waals surface area contributed by atoms with E-state index in [2.05, 4.69) is 50.5 Å². The van der Waals surface area contributed by atoms with Gasteiger partial charge in [0.25, 0.3) is 0 Å². The molecule has 2 aromatic rings. The van der Waals surface area contributed by atoms with E-state index in [1.807, 2.05) is 18.2 Å². The second-order valence-corrected chi connectivity index (χ2v) is 5.93. The van der Waals surface area contributed by atoms with E-state index in [0.717, 1.165) is 24.0 Å². The first-order chi connectivity index (χ1) is 9.83. The number of aromatic nitrogens is 1. The number of hydrogen-bond acceptors (Lipinski definition) is 3. The van der Waals surface area contributed by atoms with Crippen LogP contribution < -0.4 is 10.1 Å². The number of nitrogens with one attached hydrogen (secondary N) is 1. The molecule has 0 radical (unpaired) electrons. The smallest absolute Gasteiger partial charge is 0.213 e. The summed E-state index contributed by atoms with van der Waals surface area (Å²) >= 11 is 3.39. The van der Waals surface area contributed by atoms with Crippen LogP contribution in [0.15, 0.2) is 53.1 Å². The number of halogens is 1. The minimum atomic E-state index is 0.0554. The SMILES string of the molecule is Brc1ccc(OC(c2ccccc2)[C@@H]2CCNC2)nc1. The second-order valence-electron chi connectivity index (χ2n) is 5.02. The number of ether oxygens (including phenoxy) is 1. The molecule has 0 amide bonds. The van der Waals surface area contributed by atoms with Gasteiger partial charge in [0.15, 0.2) is 0 Å². The zero-order valence-electron chi connectivity index (χ0n) is 11.1. The standard InChI is InChI=1S/C16H17BrN2O/c17-14-6-7-15(19-11-14)20-16(13-8-9-18-10-13)12-4-2-1-3-5-12/h1-7,11,13,16,18H,8-10H2/t13-,16?/m1/s1. The van der Waals surface area contributed by atoms with Crippen LogP contribution in [0.3, 0.4) is 0 Å². The van der Waals surface area contributed by atoms with Gasteiger partial charge in [0, 0.05) is 29.2 Å². The molecule has 0 saturated carbocycles. The van der Waals surface area contributed by atoms with Crippen molar-refractivity contribution in [2.75, 3.05) is 13.1 Å². The molecule has 1 aliphatic heterocycles. The molecule has 1 saturated heterocycles. The first kappa shape index (κ1) is 13.6. The van der Waals surface area contributed by atoms with Crippen LogP contribution in [0.25, 0.3) is 0 Å². The monoisotopic (exact) mass is 332 g/mol. The topological polar surface area (TPSA) is 34.1 Å². The van der Waals surface area contributed by atoms with Crippen molar-refractivity contribution in [3.63, 3.8) is 0 Å². The molecule has 1 aromatic heterocycles. The highest BCUT2D eigenvalue weighted by Crippen LogP contribution is 2.31. The van der Waals surface area contributed by atoms with Gasteiger partial charge < -0.3 is 10.1 Å². The maximum atomic E-state index is 6.17. The predicted octanol–water partition coefficient (Wildman–Crippen LogP) is 3.57. The molecular weight excluding hydrogens is 316 g/mol. The fourth-order valence-corrected chi connectivity index (χ4v) is 2.81. The Hall–Kier alpha value is -1.39. The fourth-order valence-electron chi connectivity index (χ4n) is 2.58. The van der Waals surface area contributed by atoms with E-state index in [4.69, 9.17) is 4.74 Å². The summed E-state index contributed by atoms with van der Waals surface area (Å²) in [6.45, 7) is 2.06. The highest BCUT2D eigenvalue weighted by atomic mass is 79.9. The lowest BCUT2D eigenvalue weighted by Crippen LogP contribution is -2.21. The van der Waals surface area contributed by atoms with Gasteiger partial charge in [-0.05, 0) is 40.5 Å². The molecule has 104 valence electrons. The summed E-state index contributed by atoms with van der Waals surface area (Å²) in [5.74, 6) is 1.16. The zero-order valence-corrected chi connectivity index (χ0v) is 12.7. The lowest BCUT2D eigenvalue weighted by atomic mass is 9.95. The van der Waals surface area contributed by atoms with E-state index in [-0.39, 0.29) is 6.10 Å². The molecule has 0 spiro atoms. The van der Waals surface area contributed by atoms with Crippen molar-refractivity contribution in [1.82, 2.24) is 10.3 Å². The summed E-state index contributed by atoms with van der Waals surface area (Å²) in [5.41, 5.74) is 1.21.